The molecule has 2 saturated heterocycles. The van der Waals surface area contributed by atoms with E-state index in [9.17, 15) is 14.4 Å². The number of hydrogen-bond donors (Lipinski definition) is 1. The van der Waals surface area contributed by atoms with E-state index in [4.69, 9.17) is 18.9 Å². The highest BCUT2D eigenvalue weighted by Gasteiger charge is 2.53. The van der Waals surface area contributed by atoms with Gasteiger partial charge >= 0.3 is 5.97 Å². The number of nitrogens with one attached hydrogen (secondary N) is 1. The molecule has 3 fully saturated rings. The van der Waals surface area contributed by atoms with Crippen LogP contribution in [0.25, 0.3) is 0 Å². The van der Waals surface area contributed by atoms with Gasteiger partial charge in [-0.2, -0.15) is 0 Å². The molecule has 3 aliphatic rings. The maximum atomic E-state index is 14.7. The zero-order chi connectivity index (χ0) is 33.1. The predicted octanol–water partition coefficient (Wildman–Crippen LogP) is 5.85. The lowest BCUT2D eigenvalue weighted by Gasteiger charge is -2.43. The molecule has 1 aromatic rings. The van der Waals surface area contributed by atoms with Gasteiger partial charge in [-0.1, -0.05) is 70.4 Å². The fourth-order valence-electron chi connectivity index (χ4n) is 8.16. The van der Waals surface area contributed by atoms with Crippen LogP contribution >= 0.6 is 0 Å². The minimum Gasteiger partial charge on any atom is -0.465 e. The molecule has 4 unspecified atom stereocenters. The summed E-state index contributed by atoms with van der Waals surface area (Å²) in [4.78, 5) is 43.4. The maximum Gasteiger partial charge on any atom is 0.309 e. The summed E-state index contributed by atoms with van der Waals surface area (Å²) in [5.41, 5.74) is -0.719. The van der Waals surface area contributed by atoms with Crippen molar-refractivity contribution in [2.24, 2.45) is 29.6 Å². The smallest absolute Gasteiger partial charge is 0.309 e. The van der Waals surface area contributed by atoms with Crippen molar-refractivity contribution in [3.8, 4) is 0 Å². The zero-order valence-corrected chi connectivity index (χ0v) is 28.8. The van der Waals surface area contributed by atoms with Gasteiger partial charge in [0.25, 0.3) is 5.91 Å². The highest BCUT2D eigenvalue weighted by atomic mass is 16.7. The number of cyclic esters (lactones) is 1. The summed E-state index contributed by atoms with van der Waals surface area (Å²) >= 11 is 0. The van der Waals surface area contributed by atoms with Crippen molar-refractivity contribution in [1.29, 1.82) is 0 Å². The van der Waals surface area contributed by atoms with Crippen LogP contribution in [0.3, 0.4) is 0 Å². The van der Waals surface area contributed by atoms with Gasteiger partial charge in [-0.3, -0.25) is 14.4 Å². The standard InChI is InChI=1S/C37H58N2O7/c1-6-12-32(34(40)39-21-19-31(20-22-39)45-25-43-5)37(46-7-2,29-14-9-8-10-15-29)36(42)38-30-16-11-13-27(23-30)17-18-28-24-44-35(41)33(28)26(3)4/h8-10,14-15,26-28,30-33H,6-7,11-13,16-25H2,1-5H3,(H,38,42)/t27-,28?,30-,32?,33?,37?/m0/s1. The fraction of sp³-hybridized carbons (Fsp3) is 0.757. The lowest BCUT2D eigenvalue weighted by molar-refractivity contribution is -0.172. The number of carbonyl (C=O) groups excluding carboxylic acids is 3. The van der Waals surface area contributed by atoms with Crippen LogP contribution in [0.5, 0.6) is 0 Å². The summed E-state index contributed by atoms with van der Waals surface area (Å²) in [6, 6.07) is 9.62. The van der Waals surface area contributed by atoms with Crippen LogP contribution in [-0.4, -0.2) is 75.0 Å². The molecule has 6 atom stereocenters. The summed E-state index contributed by atoms with van der Waals surface area (Å²) in [7, 11) is 1.61. The molecular weight excluding hydrogens is 584 g/mol. The number of methoxy groups -OCH3 is 1. The minimum atomic E-state index is -1.44. The van der Waals surface area contributed by atoms with Crippen LogP contribution in [0.1, 0.15) is 97.5 Å². The summed E-state index contributed by atoms with van der Waals surface area (Å²) in [5.74, 6) is 0.0234. The van der Waals surface area contributed by atoms with Crippen LogP contribution in [0.2, 0.25) is 0 Å². The molecule has 1 N–H and O–H groups in total. The van der Waals surface area contributed by atoms with Gasteiger partial charge in [0, 0.05) is 38.8 Å². The quantitative estimate of drug-likeness (QED) is 0.178. The van der Waals surface area contributed by atoms with Crippen molar-refractivity contribution >= 4 is 17.8 Å². The molecule has 1 aromatic carbocycles. The first kappa shape index (κ1) is 36.3. The highest BCUT2D eigenvalue weighted by Crippen LogP contribution is 2.41. The first-order valence-corrected chi connectivity index (χ1v) is 17.8. The second-order valence-electron chi connectivity index (χ2n) is 13.9. The molecule has 1 saturated carbocycles. The molecule has 2 aliphatic heterocycles. The number of ether oxygens (including phenoxy) is 4. The second kappa shape index (κ2) is 17.6. The number of piperidine rings is 1. The summed E-state index contributed by atoms with van der Waals surface area (Å²) in [6.45, 7) is 10.4. The molecule has 0 bridgehead atoms. The van der Waals surface area contributed by atoms with E-state index in [1.165, 1.54) is 0 Å². The number of esters is 1. The average Bonchev–Trinajstić information content (AvgIpc) is 3.45. The number of benzene rings is 1. The maximum absolute atomic E-state index is 14.7. The summed E-state index contributed by atoms with van der Waals surface area (Å²) in [6.07, 6.45) is 8.73. The third-order valence-corrected chi connectivity index (χ3v) is 10.5. The van der Waals surface area contributed by atoms with Crippen molar-refractivity contribution in [2.75, 3.05) is 40.2 Å². The molecule has 2 amide bonds. The highest BCUT2D eigenvalue weighted by molar-refractivity contribution is 5.94. The van der Waals surface area contributed by atoms with Crippen LogP contribution in [-0.2, 0) is 38.9 Å². The zero-order valence-electron chi connectivity index (χ0n) is 28.8. The Morgan fingerprint density at radius 3 is 2.46 bits per heavy atom. The molecule has 4 rings (SSSR count). The summed E-state index contributed by atoms with van der Waals surface area (Å²) < 4.78 is 22.8. The van der Waals surface area contributed by atoms with Gasteiger partial charge in [-0.25, -0.2) is 0 Å². The average molecular weight is 643 g/mol. The third-order valence-electron chi connectivity index (χ3n) is 10.5. The molecule has 0 spiro atoms. The van der Waals surface area contributed by atoms with Crippen molar-refractivity contribution in [1.82, 2.24) is 10.2 Å². The molecule has 9 heteroatoms. The number of likely N-dealkylation sites (tertiary alicyclic amines) is 1. The Morgan fingerprint density at radius 1 is 1.07 bits per heavy atom. The molecule has 2 heterocycles. The molecule has 9 nitrogen and oxygen atoms in total. The minimum absolute atomic E-state index is 0.00297. The molecule has 46 heavy (non-hydrogen) atoms. The number of amides is 2. The molecular formula is C37H58N2O7. The second-order valence-corrected chi connectivity index (χ2v) is 13.9. The number of carbonyl (C=O) groups is 3. The van der Waals surface area contributed by atoms with E-state index in [0.29, 0.717) is 38.6 Å². The van der Waals surface area contributed by atoms with E-state index in [-0.39, 0.29) is 54.5 Å². The van der Waals surface area contributed by atoms with Crippen molar-refractivity contribution in [3.05, 3.63) is 35.9 Å². The predicted molar refractivity (Wildman–Crippen MR) is 177 cm³/mol. The van der Waals surface area contributed by atoms with Crippen molar-refractivity contribution in [2.45, 2.75) is 110 Å². The topological polar surface area (TPSA) is 103 Å². The Hall–Kier alpha value is -2.49. The lowest BCUT2D eigenvalue weighted by atomic mass is 9.75. The van der Waals surface area contributed by atoms with Crippen LogP contribution in [0, 0.1) is 29.6 Å². The molecule has 258 valence electrons. The number of rotatable bonds is 16. The molecule has 0 radical (unpaired) electrons. The van der Waals surface area contributed by atoms with E-state index in [1.807, 2.05) is 42.2 Å². The van der Waals surface area contributed by atoms with Gasteiger partial charge in [0.2, 0.25) is 5.91 Å². The first-order chi connectivity index (χ1) is 22.2. The van der Waals surface area contributed by atoms with Gasteiger partial charge in [-0.05, 0) is 69.3 Å². The summed E-state index contributed by atoms with van der Waals surface area (Å²) in [5, 5.41) is 3.41. The van der Waals surface area contributed by atoms with Crippen LogP contribution in [0.4, 0.5) is 0 Å². The Balaban J connectivity index is 1.52. The third kappa shape index (κ3) is 8.70. The van der Waals surface area contributed by atoms with Gasteiger partial charge in [0.15, 0.2) is 5.60 Å². The Labute approximate surface area is 276 Å². The number of hydrogen-bond acceptors (Lipinski definition) is 7. The van der Waals surface area contributed by atoms with Crippen LogP contribution < -0.4 is 5.32 Å². The van der Waals surface area contributed by atoms with E-state index in [2.05, 4.69) is 26.1 Å². The van der Waals surface area contributed by atoms with Gasteiger partial charge in [0.05, 0.1) is 24.5 Å². The SMILES string of the molecule is CCCC(C(=O)N1CCC(OCOC)CC1)C(OCC)(C(=O)N[C@H]1CCC[C@@H](CCC2COC(=O)C2C(C)C)C1)c1ccccc1. The van der Waals surface area contributed by atoms with Crippen LogP contribution in [0.15, 0.2) is 30.3 Å². The number of nitrogens with zero attached hydrogens (tertiary/aromatic N) is 1. The largest absolute Gasteiger partial charge is 0.465 e. The Kier molecular flexibility index (Phi) is 13.9. The van der Waals surface area contributed by atoms with Gasteiger partial charge < -0.3 is 29.2 Å². The first-order valence-electron chi connectivity index (χ1n) is 17.8. The molecule has 0 aromatic heterocycles. The Morgan fingerprint density at radius 2 is 1.80 bits per heavy atom. The monoisotopic (exact) mass is 642 g/mol. The van der Waals surface area contributed by atoms with Gasteiger partial charge in [0.1, 0.15) is 6.79 Å². The van der Waals surface area contributed by atoms with Gasteiger partial charge in [-0.15, -0.1) is 0 Å². The normalized spacial score (nSPS) is 26.0. The fourth-order valence-corrected chi connectivity index (χ4v) is 8.16. The molecule has 1 aliphatic carbocycles. The van der Waals surface area contributed by atoms with Crippen molar-refractivity contribution < 1.29 is 33.3 Å². The van der Waals surface area contributed by atoms with E-state index in [1.54, 1.807) is 7.11 Å². The van der Waals surface area contributed by atoms with E-state index < -0.39 is 11.5 Å². The van der Waals surface area contributed by atoms with E-state index >= 15 is 0 Å². The van der Waals surface area contributed by atoms with E-state index in [0.717, 1.165) is 63.4 Å². The lowest BCUT2D eigenvalue weighted by Crippen LogP contribution is -2.59. The van der Waals surface area contributed by atoms with Crippen molar-refractivity contribution in [3.63, 3.8) is 0 Å². The Bertz CT molecular complexity index is 1110.